The summed E-state index contributed by atoms with van der Waals surface area (Å²) in [6.45, 7) is 2.28. The largest absolute Gasteiger partial charge is 0.458 e. The molecule has 19 heteroatoms. The van der Waals surface area contributed by atoms with Gasteiger partial charge in [-0.1, -0.05) is 6.92 Å². The third kappa shape index (κ3) is 5.94. The molecule has 0 heterocycles. The van der Waals surface area contributed by atoms with E-state index in [4.69, 9.17) is 4.74 Å². The summed E-state index contributed by atoms with van der Waals surface area (Å²) in [5.74, 6) is -9.68. The molecule has 0 amide bonds. The Morgan fingerprint density at radius 1 is 0.805 bits per heavy atom. The van der Waals surface area contributed by atoms with Gasteiger partial charge in [-0.2, -0.15) is 57.1 Å². The zero-order valence-corrected chi connectivity index (χ0v) is 22.7. The number of ether oxygens (including phenoxy) is 1. The Bertz CT molecular complexity index is 960. The molecule has 0 aromatic heterocycles. The van der Waals surface area contributed by atoms with Crippen molar-refractivity contribution in [1.29, 1.82) is 0 Å². The number of alkyl halides is 15. The zero-order valence-electron chi connectivity index (χ0n) is 21.2. The molecule has 8 unspecified atom stereocenters. The van der Waals surface area contributed by atoms with E-state index in [2.05, 4.69) is 23.2 Å². The highest BCUT2D eigenvalue weighted by Gasteiger charge is 2.75. The van der Waals surface area contributed by atoms with Crippen LogP contribution in [-0.2, 0) is 9.53 Å². The first-order chi connectivity index (χ1) is 17.8. The van der Waals surface area contributed by atoms with Gasteiger partial charge in [0.05, 0.1) is 0 Å². The van der Waals surface area contributed by atoms with Crippen molar-refractivity contribution in [2.24, 2.45) is 29.1 Å². The number of fused-ring (bicyclic) bond motifs is 2. The highest BCUT2D eigenvalue weighted by atomic mass is 35.5. The molecule has 242 valence electrons. The van der Waals surface area contributed by atoms with Crippen LogP contribution in [0.25, 0.3) is 0 Å². The van der Waals surface area contributed by atoms with Crippen molar-refractivity contribution in [3.8, 4) is 0 Å². The zero-order chi connectivity index (χ0) is 32.6. The smallest absolute Gasteiger partial charge is 0.424 e. The molecule has 2 fully saturated rings. The van der Waals surface area contributed by atoms with Gasteiger partial charge in [0.1, 0.15) is 5.60 Å². The van der Waals surface area contributed by atoms with E-state index in [1.165, 1.54) is 0 Å². The molecular weight excluding hydrogens is 646 g/mol. The number of aliphatic hydroxyl groups is 2. The molecule has 0 saturated heterocycles. The maximum Gasteiger partial charge on any atom is 0.424 e. The highest BCUT2D eigenvalue weighted by Crippen LogP contribution is 2.65. The summed E-state index contributed by atoms with van der Waals surface area (Å²) in [4.78, 5) is 12.6. The normalized spacial score (nSPS) is 32.3. The van der Waals surface area contributed by atoms with Crippen LogP contribution in [0, 0.1) is 29.1 Å². The highest BCUT2D eigenvalue weighted by molar-refractivity contribution is 6.22. The van der Waals surface area contributed by atoms with Gasteiger partial charge in [-0.15, -0.1) is 0 Å². The first-order valence-corrected chi connectivity index (χ1v) is 12.6. The predicted molar refractivity (Wildman–Crippen MR) is 115 cm³/mol. The summed E-state index contributed by atoms with van der Waals surface area (Å²) >= 11 is 9.05. The maximum atomic E-state index is 14.0. The van der Waals surface area contributed by atoms with E-state index in [1.807, 2.05) is 0 Å². The van der Waals surface area contributed by atoms with Gasteiger partial charge in [-0.05, 0) is 86.9 Å². The lowest BCUT2D eigenvalue weighted by atomic mass is 9.65. The van der Waals surface area contributed by atoms with Crippen LogP contribution in [0.5, 0.6) is 0 Å². The fourth-order valence-corrected chi connectivity index (χ4v) is 6.28. The van der Waals surface area contributed by atoms with Crippen molar-refractivity contribution < 1.29 is 76.8 Å². The van der Waals surface area contributed by atoms with Gasteiger partial charge in [0, 0.05) is 5.92 Å². The number of carbonyl (C=O) groups is 1. The average molecular weight is 671 g/mol. The Hall–Kier alpha value is -0.940. The first-order valence-electron chi connectivity index (χ1n) is 11.8. The number of halogens is 15. The Kier molecular flexibility index (Phi) is 9.12. The molecule has 2 saturated carbocycles. The number of hydrogen-bond acceptors (Lipinski definition) is 4. The second-order valence-electron chi connectivity index (χ2n) is 11.1. The van der Waals surface area contributed by atoms with Gasteiger partial charge >= 0.3 is 35.3 Å². The topological polar surface area (TPSA) is 66.8 Å². The summed E-state index contributed by atoms with van der Waals surface area (Å²) in [5.41, 5.74) is -15.7. The summed E-state index contributed by atoms with van der Waals surface area (Å²) in [6.07, 6.45) is -24.3. The van der Waals surface area contributed by atoms with Gasteiger partial charge in [0.15, 0.2) is 5.41 Å². The van der Waals surface area contributed by atoms with Crippen LogP contribution < -0.4 is 0 Å². The van der Waals surface area contributed by atoms with E-state index in [9.17, 15) is 72.1 Å². The van der Waals surface area contributed by atoms with Crippen molar-refractivity contribution in [2.45, 2.75) is 99.0 Å². The predicted octanol–water partition coefficient (Wildman–Crippen LogP) is 7.57. The van der Waals surface area contributed by atoms with Crippen LogP contribution in [0.3, 0.4) is 0 Å². The summed E-state index contributed by atoms with van der Waals surface area (Å²) < 4.78 is 183. The van der Waals surface area contributed by atoms with Gasteiger partial charge < -0.3 is 14.9 Å². The molecule has 2 N–H and O–H groups in total. The van der Waals surface area contributed by atoms with E-state index in [-0.39, 0.29) is 0 Å². The van der Waals surface area contributed by atoms with Crippen molar-refractivity contribution in [1.82, 2.24) is 0 Å². The summed E-state index contributed by atoms with van der Waals surface area (Å²) in [7, 11) is 0. The van der Waals surface area contributed by atoms with E-state index >= 15 is 0 Å². The van der Waals surface area contributed by atoms with Crippen LogP contribution in [0.1, 0.15) is 52.9 Å². The van der Waals surface area contributed by atoms with E-state index in [0.717, 1.165) is 13.8 Å². The first kappa shape index (κ1) is 36.3. The third-order valence-corrected chi connectivity index (χ3v) is 9.35. The molecule has 2 aliphatic carbocycles. The molecule has 2 rings (SSSR count). The molecular formula is C22H25Cl2F13O4. The van der Waals surface area contributed by atoms with Gasteiger partial charge in [-0.25, -0.2) is 0 Å². The van der Waals surface area contributed by atoms with Gasteiger partial charge in [0.2, 0.25) is 11.2 Å². The SMILES string of the molecule is CCC(C)(C(=O)OC1(C)CC2CC1C(CC(O)(C(F)(F)F)C(F)(F)Cl)C2CC(O)(C(F)(F)F)C(F)(F)Cl)C(F)(F)F. The number of carbonyl (C=O) groups excluding carboxylic acids is 1. The number of hydrogen-bond donors (Lipinski definition) is 2. The molecule has 0 aromatic carbocycles. The fraction of sp³-hybridized carbons (Fsp3) is 0.955. The van der Waals surface area contributed by atoms with Gasteiger partial charge in [0.25, 0.3) is 0 Å². The molecule has 41 heavy (non-hydrogen) atoms. The van der Waals surface area contributed by atoms with Crippen LogP contribution in [0.4, 0.5) is 57.1 Å². The maximum absolute atomic E-state index is 14.0. The van der Waals surface area contributed by atoms with Crippen molar-refractivity contribution >= 4 is 29.2 Å². The molecule has 2 aliphatic rings. The minimum atomic E-state index is -6.27. The van der Waals surface area contributed by atoms with Crippen molar-refractivity contribution in [3.63, 3.8) is 0 Å². The van der Waals surface area contributed by atoms with Crippen LogP contribution >= 0.6 is 23.2 Å². The Morgan fingerprint density at radius 2 is 1.20 bits per heavy atom. The lowest BCUT2D eigenvalue weighted by Crippen LogP contribution is -2.61. The Balaban J connectivity index is 2.65. The molecule has 0 radical (unpaired) electrons. The van der Waals surface area contributed by atoms with Gasteiger partial charge in [-0.3, -0.25) is 4.79 Å². The molecule has 0 spiro atoms. The second-order valence-corrected chi connectivity index (χ2v) is 12.1. The summed E-state index contributed by atoms with van der Waals surface area (Å²) in [6, 6.07) is 0. The van der Waals surface area contributed by atoms with Crippen LogP contribution in [0.15, 0.2) is 0 Å². The van der Waals surface area contributed by atoms with Crippen LogP contribution in [0.2, 0.25) is 0 Å². The fourth-order valence-electron chi connectivity index (χ4n) is 5.91. The summed E-state index contributed by atoms with van der Waals surface area (Å²) in [5, 5.41) is 8.92. The van der Waals surface area contributed by atoms with E-state index in [0.29, 0.717) is 6.92 Å². The molecule has 2 bridgehead atoms. The lowest BCUT2D eigenvalue weighted by molar-refractivity contribution is -0.327. The molecule has 0 aromatic rings. The molecule has 4 nitrogen and oxygen atoms in total. The minimum absolute atomic E-state index is 0.439. The molecule has 0 aliphatic heterocycles. The molecule has 8 atom stereocenters. The van der Waals surface area contributed by atoms with E-state index in [1.54, 1.807) is 0 Å². The number of esters is 1. The van der Waals surface area contributed by atoms with Crippen molar-refractivity contribution in [2.75, 3.05) is 0 Å². The van der Waals surface area contributed by atoms with E-state index < -0.39 is 113 Å². The average Bonchev–Trinajstić information content (AvgIpc) is 3.23. The minimum Gasteiger partial charge on any atom is -0.458 e. The monoisotopic (exact) mass is 670 g/mol. The Labute approximate surface area is 234 Å². The lowest BCUT2D eigenvalue weighted by Gasteiger charge is -2.48. The standard InChI is InChI=1S/C22H25Cl2F13O4/c1-4-14(2,20(29,30)31)13(38)41-15(3)6-9-5-12(15)11(8-17(40,19(24,27)28)22(35,36)37)10(9)7-16(39,18(23,25)26)21(32,33)34/h9-12,39-40H,4-8H2,1-3H3. The third-order valence-electron chi connectivity index (χ3n) is 8.73. The second kappa shape index (κ2) is 10.3. The quantitative estimate of drug-likeness (QED) is 0.151. The Morgan fingerprint density at radius 3 is 1.51 bits per heavy atom. The van der Waals surface area contributed by atoms with Crippen molar-refractivity contribution in [3.05, 3.63) is 0 Å². The van der Waals surface area contributed by atoms with Crippen LogP contribution in [-0.4, -0.2) is 62.3 Å². The number of rotatable bonds is 9.